The number of sulfone groups is 1. The van der Waals surface area contributed by atoms with Gasteiger partial charge >= 0.3 is 0 Å². The molecule has 3 rings (SSSR count). The molecule has 0 bridgehead atoms. The molecule has 0 fully saturated rings. The van der Waals surface area contributed by atoms with E-state index in [4.69, 9.17) is 11.6 Å². The van der Waals surface area contributed by atoms with Crippen LogP contribution in [0, 0.1) is 0 Å². The summed E-state index contributed by atoms with van der Waals surface area (Å²) in [4.78, 5) is 0.0882. The van der Waals surface area contributed by atoms with Crippen LogP contribution < -0.4 is 0 Å². The molecule has 0 aliphatic rings. The Balaban J connectivity index is 2.11. The highest BCUT2D eigenvalue weighted by molar-refractivity contribution is 7.91. The quantitative estimate of drug-likeness (QED) is 0.735. The van der Waals surface area contributed by atoms with Gasteiger partial charge < -0.3 is 5.11 Å². The fourth-order valence-corrected chi connectivity index (χ4v) is 4.68. The average Bonchev–Trinajstić information content (AvgIpc) is 2.63. The van der Waals surface area contributed by atoms with Crippen LogP contribution in [0.4, 0.5) is 0 Å². The molecule has 5 heteroatoms. The fourth-order valence-electron chi connectivity index (χ4n) is 2.78. The van der Waals surface area contributed by atoms with Gasteiger partial charge in [-0.05, 0) is 29.3 Å². The summed E-state index contributed by atoms with van der Waals surface area (Å²) in [6.07, 6.45) is 0. The number of hydrogen-bond donors (Lipinski definition) is 1. The van der Waals surface area contributed by atoms with Crippen LogP contribution in [0.5, 0.6) is 0 Å². The molecule has 0 saturated heterocycles. The van der Waals surface area contributed by atoms with Gasteiger partial charge in [-0.3, -0.25) is 0 Å². The Morgan fingerprint density at radius 1 is 0.800 bits per heavy atom. The molecule has 3 nitrogen and oxygen atoms in total. The summed E-state index contributed by atoms with van der Waals surface area (Å²) >= 11 is 5.93. The van der Waals surface area contributed by atoms with Crippen LogP contribution in [0.25, 0.3) is 0 Å². The SMILES string of the molecule is O=S(=O)(CC(O)(c1ccccc1)c1ccccc1)c1cccc(Cl)c1. The maximum atomic E-state index is 12.9. The summed E-state index contributed by atoms with van der Waals surface area (Å²) in [5.74, 6) is -0.478. The van der Waals surface area contributed by atoms with Crippen molar-refractivity contribution in [3.63, 3.8) is 0 Å². The first-order chi connectivity index (χ1) is 11.9. The van der Waals surface area contributed by atoms with Crippen molar-refractivity contribution in [3.8, 4) is 0 Å². The van der Waals surface area contributed by atoms with Crippen molar-refractivity contribution in [1.82, 2.24) is 0 Å². The van der Waals surface area contributed by atoms with Gasteiger partial charge in [0.1, 0.15) is 5.60 Å². The number of hydrogen-bond acceptors (Lipinski definition) is 3. The standard InChI is InChI=1S/C20H17ClO3S/c21-18-12-7-13-19(14-18)25(23,24)15-20(22,16-8-3-1-4-9-16)17-10-5-2-6-11-17/h1-14,22H,15H2. The third kappa shape index (κ3) is 3.76. The van der Waals surface area contributed by atoms with Crippen molar-refractivity contribution in [3.05, 3.63) is 101 Å². The second-order valence-corrected chi connectivity index (χ2v) is 8.23. The normalized spacial score (nSPS) is 12.1. The van der Waals surface area contributed by atoms with E-state index in [1.54, 1.807) is 60.7 Å². The van der Waals surface area contributed by atoms with Crippen LogP contribution in [-0.2, 0) is 15.4 Å². The summed E-state index contributed by atoms with van der Waals surface area (Å²) in [5.41, 5.74) is -0.623. The largest absolute Gasteiger partial charge is 0.379 e. The molecule has 128 valence electrons. The maximum Gasteiger partial charge on any atom is 0.181 e. The first kappa shape index (κ1) is 17.7. The first-order valence-electron chi connectivity index (χ1n) is 7.74. The third-order valence-corrected chi connectivity index (χ3v) is 6.06. The molecular weight excluding hydrogens is 356 g/mol. The molecule has 0 atom stereocenters. The van der Waals surface area contributed by atoms with Crippen LogP contribution >= 0.6 is 11.6 Å². The maximum absolute atomic E-state index is 12.9. The summed E-state index contributed by atoms with van der Waals surface area (Å²) < 4.78 is 25.9. The van der Waals surface area contributed by atoms with Crippen molar-refractivity contribution in [2.45, 2.75) is 10.5 Å². The van der Waals surface area contributed by atoms with Crippen LogP contribution in [0.3, 0.4) is 0 Å². The van der Waals surface area contributed by atoms with Gasteiger partial charge in [-0.25, -0.2) is 8.42 Å². The van der Waals surface area contributed by atoms with Gasteiger partial charge in [-0.2, -0.15) is 0 Å². The Labute approximate surface area is 152 Å². The zero-order valence-electron chi connectivity index (χ0n) is 13.3. The van der Waals surface area contributed by atoms with Gasteiger partial charge in [0.25, 0.3) is 0 Å². The number of rotatable bonds is 5. The molecule has 0 radical (unpaired) electrons. The van der Waals surface area contributed by atoms with Gasteiger partial charge in [0.05, 0.1) is 10.6 Å². The summed E-state index contributed by atoms with van der Waals surface area (Å²) in [7, 11) is -3.77. The third-order valence-electron chi connectivity index (χ3n) is 4.06. The van der Waals surface area contributed by atoms with Crippen molar-refractivity contribution in [1.29, 1.82) is 0 Å². The average molecular weight is 373 g/mol. The lowest BCUT2D eigenvalue weighted by atomic mass is 9.88. The second kappa shape index (κ2) is 7.00. The Bertz CT molecular complexity index is 915. The van der Waals surface area contributed by atoms with E-state index in [0.717, 1.165) is 0 Å². The van der Waals surface area contributed by atoms with Gasteiger partial charge in [-0.15, -0.1) is 0 Å². The lowest BCUT2D eigenvalue weighted by Gasteiger charge is -2.29. The van der Waals surface area contributed by atoms with E-state index in [1.807, 2.05) is 12.1 Å². The van der Waals surface area contributed by atoms with Crippen molar-refractivity contribution >= 4 is 21.4 Å². The predicted octanol–water partition coefficient (Wildman–Crippen LogP) is 4.05. The van der Waals surface area contributed by atoms with E-state index < -0.39 is 21.2 Å². The summed E-state index contributed by atoms with van der Waals surface area (Å²) in [5, 5.41) is 11.7. The molecule has 25 heavy (non-hydrogen) atoms. The molecule has 0 aliphatic carbocycles. The Morgan fingerprint density at radius 2 is 1.32 bits per heavy atom. The van der Waals surface area contributed by atoms with Gasteiger partial charge in [0.15, 0.2) is 9.84 Å². The van der Waals surface area contributed by atoms with Crippen molar-refractivity contribution < 1.29 is 13.5 Å². The van der Waals surface area contributed by atoms with Gasteiger partial charge in [0, 0.05) is 5.02 Å². The second-order valence-electron chi connectivity index (χ2n) is 5.81. The molecule has 3 aromatic carbocycles. The van der Waals surface area contributed by atoms with E-state index in [2.05, 4.69) is 0 Å². The molecule has 0 unspecified atom stereocenters. The lowest BCUT2D eigenvalue weighted by molar-refractivity contribution is 0.105. The minimum absolute atomic E-state index is 0.0882. The predicted molar refractivity (Wildman–Crippen MR) is 99.4 cm³/mol. The van der Waals surface area contributed by atoms with E-state index >= 15 is 0 Å². The Hall–Kier alpha value is -2.14. The zero-order chi connectivity index (χ0) is 17.9. The summed E-state index contributed by atoms with van der Waals surface area (Å²) in [6.45, 7) is 0. The monoisotopic (exact) mass is 372 g/mol. The van der Waals surface area contributed by atoms with Gasteiger partial charge in [-0.1, -0.05) is 78.3 Å². The highest BCUT2D eigenvalue weighted by atomic mass is 35.5. The van der Waals surface area contributed by atoms with Crippen LogP contribution in [0.2, 0.25) is 5.02 Å². The molecule has 0 aromatic heterocycles. The zero-order valence-corrected chi connectivity index (χ0v) is 14.9. The van der Waals surface area contributed by atoms with E-state index in [-0.39, 0.29) is 4.90 Å². The van der Waals surface area contributed by atoms with Crippen LogP contribution in [0.1, 0.15) is 11.1 Å². The molecule has 0 saturated carbocycles. The highest BCUT2D eigenvalue weighted by Gasteiger charge is 2.37. The molecule has 0 heterocycles. The Kier molecular flexibility index (Phi) is 4.95. The minimum Gasteiger partial charge on any atom is -0.379 e. The lowest BCUT2D eigenvalue weighted by Crippen LogP contribution is -2.35. The van der Waals surface area contributed by atoms with Gasteiger partial charge in [0.2, 0.25) is 0 Å². The number of halogens is 1. The Morgan fingerprint density at radius 3 is 1.80 bits per heavy atom. The first-order valence-corrected chi connectivity index (χ1v) is 9.77. The van der Waals surface area contributed by atoms with E-state index in [9.17, 15) is 13.5 Å². The molecule has 0 spiro atoms. The highest BCUT2D eigenvalue weighted by Crippen LogP contribution is 2.33. The van der Waals surface area contributed by atoms with Crippen molar-refractivity contribution in [2.24, 2.45) is 0 Å². The fraction of sp³-hybridized carbons (Fsp3) is 0.100. The van der Waals surface area contributed by atoms with Crippen LogP contribution in [-0.4, -0.2) is 19.3 Å². The van der Waals surface area contributed by atoms with E-state index in [1.165, 1.54) is 12.1 Å². The summed E-state index contributed by atoms with van der Waals surface area (Å²) in [6, 6.07) is 23.7. The van der Waals surface area contributed by atoms with Crippen LogP contribution in [0.15, 0.2) is 89.8 Å². The number of benzene rings is 3. The van der Waals surface area contributed by atoms with Crippen molar-refractivity contribution in [2.75, 3.05) is 5.75 Å². The smallest absolute Gasteiger partial charge is 0.181 e. The van der Waals surface area contributed by atoms with E-state index in [0.29, 0.717) is 16.1 Å². The minimum atomic E-state index is -3.77. The molecule has 0 aliphatic heterocycles. The molecule has 0 amide bonds. The molecule has 3 aromatic rings. The number of aliphatic hydroxyl groups is 1. The molecular formula is C20H17ClO3S. The topological polar surface area (TPSA) is 54.4 Å². The molecule has 1 N–H and O–H groups in total.